The third kappa shape index (κ3) is 2.94. The van der Waals surface area contributed by atoms with E-state index in [0.717, 1.165) is 4.57 Å². The molecule has 0 saturated carbocycles. The minimum Gasteiger partial charge on any atom is -0.306 e. The number of rotatable bonds is 1. The quantitative estimate of drug-likeness (QED) is 0.800. The van der Waals surface area contributed by atoms with Gasteiger partial charge in [0.15, 0.2) is 0 Å². The van der Waals surface area contributed by atoms with E-state index in [1.54, 1.807) is 0 Å². The number of nitrogens with zero attached hydrogens (tertiary/aromatic N) is 2. The average Bonchev–Trinajstić information content (AvgIpc) is 2.61. The van der Waals surface area contributed by atoms with Gasteiger partial charge in [0.05, 0.1) is 10.7 Å². The summed E-state index contributed by atoms with van der Waals surface area (Å²) in [4.78, 5) is 26.0. The van der Waals surface area contributed by atoms with Crippen LogP contribution in [0.4, 0.5) is 13.2 Å². The minimum atomic E-state index is -4.49. The van der Waals surface area contributed by atoms with Gasteiger partial charge in [-0.05, 0) is 6.92 Å². The molecule has 0 bridgehead atoms. The molecular weight excluding hydrogens is 275 g/mol. The lowest BCUT2D eigenvalue weighted by Gasteiger charge is -2.27. The number of hydrogen-bond donors (Lipinski definition) is 1. The second-order valence-corrected chi connectivity index (χ2v) is 4.02. The van der Waals surface area contributed by atoms with Gasteiger partial charge in [-0.1, -0.05) is 20.4 Å². The highest BCUT2D eigenvalue weighted by atomic mass is 19.4. The summed E-state index contributed by atoms with van der Waals surface area (Å²) in [7, 11) is 0. The number of imidazole rings is 1. The average molecular weight is 291 g/mol. The first-order valence-electron chi connectivity index (χ1n) is 6.06. The van der Waals surface area contributed by atoms with Gasteiger partial charge in [-0.2, -0.15) is 13.2 Å². The Hall–Kier alpha value is -1.99. The fourth-order valence-electron chi connectivity index (χ4n) is 2.01. The molecule has 0 fully saturated rings. The molecule has 1 aromatic rings. The van der Waals surface area contributed by atoms with Crippen LogP contribution in [0.5, 0.6) is 0 Å². The smallest absolute Gasteiger partial charge is 0.306 e. The summed E-state index contributed by atoms with van der Waals surface area (Å²) >= 11 is 0. The van der Waals surface area contributed by atoms with E-state index in [-0.39, 0.29) is 16.4 Å². The highest BCUT2D eigenvalue weighted by Gasteiger charge is 2.36. The predicted molar refractivity (Wildman–Crippen MR) is 68.0 cm³/mol. The topological polar surface area (TPSA) is 58.1 Å². The summed E-state index contributed by atoms with van der Waals surface area (Å²) in [6, 6.07) is 0. The Bertz CT molecular complexity index is 670. The van der Waals surface area contributed by atoms with Crippen molar-refractivity contribution in [3.8, 4) is 0 Å². The number of hydrogen-bond acceptors (Lipinski definition) is 2. The van der Waals surface area contributed by atoms with Crippen molar-refractivity contribution in [2.75, 3.05) is 6.54 Å². The Morgan fingerprint density at radius 1 is 1.30 bits per heavy atom. The van der Waals surface area contributed by atoms with E-state index in [9.17, 15) is 22.8 Å². The molecule has 2 rings (SSSR count). The molecule has 0 saturated heterocycles. The first kappa shape index (κ1) is 16.1. The molecule has 2 heterocycles. The molecule has 0 spiro atoms. The van der Waals surface area contributed by atoms with Crippen molar-refractivity contribution in [2.45, 2.75) is 33.5 Å². The number of aromatic amines is 1. The van der Waals surface area contributed by atoms with E-state index in [0.29, 0.717) is 4.90 Å². The highest BCUT2D eigenvalue weighted by molar-refractivity contribution is 5.83. The molecule has 0 aliphatic carbocycles. The monoisotopic (exact) mass is 291 g/mol. The van der Waals surface area contributed by atoms with Crippen LogP contribution in [-0.4, -0.2) is 33.1 Å². The number of carbonyl (C=O) groups excluding carboxylic acids is 1. The van der Waals surface area contributed by atoms with Crippen LogP contribution in [-0.2, 0) is 11.3 Å². The molecule has 5 nitrogen and oxygen atoms in total. The molecule has 0 unspecified atom stereocenters. The number of carbonyl (C=O) groups is 1. The summed E-state index contributed by atoms with van der Waals surface area (Å²) in [6.45, 7) is 7.13. The predicted octanol–water partition coefficient (Wildman–Crippen LogP) is 0.145. The minimum absolute atomic E-state index is 0.0759. The first-order chi connectivity index (χ1) is 9.20. The number of alkyl halides is 3. The molecule has 0 atom stereocenters. The van der Waals surface area contributed by atoms with Crippen molar-refractivity contribution in [3.63, 3.8) is 0 Å². The molecule has 1 aliphatic heterocycles. The van der Waals surface area contributed by atoms with Crippen molar-refractivity contribution in [1.29, 1.82) is 0 Å². The molecule has 1 aromatic heterocycles. The molecule has 8 heteroatoms. The Morgan fingerprint density at radius 2 is 1.85 bits per heavy atom. The summed E-state index contributed by atoms with van der Waals surface area (Å²) in [5.41, 5.74) is -0.471. The Kier molecular flexibility index (Phi) is 4.46. The van der Waals surface area contributed by atoms with Gasteiger partial charge in [0, 0.05) is 5.70 Å². The van der Waals surface area contributed by atoms with Crippen molar-refractivity contribution in [3.05, 3.63) is 21.2 Å². The molecule has 112 valence electrons. The summed E-state index contributed by atoms with van der Waals surface area (Å²) in [6.07, 6.45) is -4.49. The molecule has 1 amide bonds. The largest absolute Gasteiger partial charge is 0.406 e. The number of amides is 1. The summed E-state index contributed by atoms with van der Waals surface area (Å²) in [5, 5.41) is 0.445. The van der Waals surface area contributed by atoms with Crippen LogP contribution in [0.25, 0.3) is 12.3 Å². The van der Waals surface area contributed by atoms with Crippen LogP contribution in [0.15, 0.2) is 4.79 Å². The zero-order valence-corrected chi connectivity index (χ0v) is 11.5. The van der Waals surface area contributed by atoms with Gasteiger partial charge >= 0.3 is 11.9 Å². The standard InChI is InChI=1S/C10H10F3N3O2.C2H6/c1-5-8-6(2)16(4-10(11,12)13)7(17)3-15(8)9(18)14-5;1-2/h1,3-4H2,2H3,(H,14,18);1-2H3. The number of fused-ring (bicyclic) bond motifs is 1. The molecule has 0 aromatic carbocycles. The number of aromatic nitrogens is 2. The summed E-state index contributed by atoms with van der Waals surface area (Å²) < 4.78 is 38.2. The Labute approximate surface area is 113 Å². The van der Waals surface area contributed by atoms with Crippen molar-refractivity contribution < 1.29 is 18.0 Å². The van der Waals surface area contributed by atoms with E-state index in [1.807, 2.05) is 13.8 Å². The molecule has 1 aliphatic rings. The van der Waals surface area contributed by atoms with Gasteiger partial charge in [0.1, 0.15) is 13.1 Å². The zero-order valence-electron chi connectivity index (χ0n) is 11.5. The fraction of sp³-hybridized carbons (Fsp3) is 0.500. The van der Waals surface area contributed by atoms with Crippen LogP contribution in [0.1, 0.15) is 20.8 Å². The van der Waals surface area contributed by atoms with Crippen LogP contribution < -0.4 is 16.4 Å². The Balaban J connectivity index is 0.000000956. The van der Waals surface area contributed by atoms with E-state index in [2.05, 4.69) is 11.6 Å². The van der Waals surface area contributed by atoms with Crippen LogP contribution in [0, 0.1) is 0 Å². The van der Waals surface area contributed by atoms with Gasteiger partial charge in [-0.3, -0.25) is 9.36 Å². The van der Waals surface area contributed by atoms with E-state index in [1.165, 1.54) is 6.92 Å². The molecule has 0 radical (unpaired) electrons. The zero-order chi connectivity index (χ0) is 15.7. The number of H-pyrrole nitrogens is 1. The van der Waals surface area contributed by atoms with E-state index < -0.39 is 30.9 Å². The van der Waals surface area contributed by atoms with E-state index in [4.69, 9.17) is 0 Å². The van der Waals surface area contributed by atoms with Gasteiger partial charge in [-0.15, -0.1) is 0 Å². The lowest BCUT2D eigenvalue weighted by atomic mass is 10.3. The van der Waals surface area contributed by atoms with Crippen molar-refractivity contribution in [2.24, 2.45) is 0 Å². The second-order valence-electron chi connectivity index (χ2n) is 4.02. The highest BCUT2D eigenvalue weighted by Crippen LogP contribution is 2.20. The second kappa shape index (κ2) is 5.56. The molecule has 20 heavy (non-hydrogen) atoms. The number of nitrogens with one attached hydrogen (secondary N) is 1. The van der Waals surface area contributed by atoms with Crippen LogP contribution in [0.3, 0.4) is 0 Å². The maximum absolute atomic E-state index is 12.4. The van der Waals surface area contributed by atoms with E-state index >= 15 is 0 Å². The van der Waals surface area contributed by atoms with Gasteiger partial charge in [0.2, 0.25) is 5.91 Å². The SMILES string of the molecule is C=c1[nH]c(=O)n2c1=C(C)N(CC(F)(F)F)C(=O)C2.CC. The fourth-order valence-corrected chi connectivity index (χ4v) is 2.01. The lowest BCUT2D eigenvalue weighted by Crippen LogP contribution is -2.51. The third-order valence-corrected chi connectivity index (χ3v) is 2.74. The van der Waals surface area contributed by atoms with Crippen LogP contribution in [0.2, 0.25) is 0 Å². The van der Waals surface area contributed by atoms with Crippen molar-refractivity contribution in [1.82, 2.24) is 14.5 Å². The molecule has 1 N–H and O–H groups in total. The summed E-state index contributed by atoms with van der Waals surface area (Å²) in [5.74, 6) is -0.765. The maximum Gasteiger partial charge on any atom is 0.406 e. The van der Waals surface area contributed by atoms with Gasteiger partial charge < -0.3 is 9.88 Å². The van der Waals surface area contributed by atoms with Crippen LogP contribution >= 0.6 is 0 Å². The lowest BCUT2D eigenvalue weighted by molar-refractivity contribution is -0.155. The van der Waals surface area contributed by atoms with Crippen molar-refractivity contribution >= 4 is 18.2 Å². The number of halogens is 3. The molecular formula is C12H16F3N3O2. The first-order valence-corrected chi connectivity index (χ1v) is 6.06. The normalized spacial score (nSPS) is 14.8. The van der Waals surface area contributed by atoms with Gasteiger partial charge in [0.25, 0.3) is 0 Å². The third-order valence-electron chi connectivity index (χ3n) is 2.74. The van der Waals surface area contributed by atoms with Gasteiger partial charge in [-0.25, -0.2) is 4.79 Å². The maximum atomic E-state index is 12.4. The Morgan fingerprint density at radius 3 is 2.35 bits per heavy atom.